The molecule has 0 spiro atoms. The lowest BCUT2D eigenvalue weighted by Crippen LogP contribution is -2.60. The van der Waals surface area contributed by atoms with Crippen molar-refractivity contribution in [2.45, 2.75) is 141 Å². The van der Waals surface area contributed by atoms with Crippen molar-refractivity contribution in [2.75, 3.05) is 40.4 Å². The Morgan fingerprint density at radius 2 is 1.80 bits per heavy atom. The molecule has 5 aliphatic heterocycles. The van der Waals surface area contributed by atoms with Gasteiger partial charge in [0.2, 0.25) is 0 Å². The normalized spacial score (nSPS) is 39.9. The number of hydrogen-bond donors (Lipinski definition) is 1. The van der Waals surface area contributed by atoms with Gasteiger partial charge in [0.1, 0.15) is 17.9 Å². The van der Waals surface area contributed by atoms with Crippen LogP contribution in [0.3, 0.4) is 0 Å². The number of benzene rings is 1. The summed E-state index contributed by atoms with van der Waals surface area (Å²) in [7, 11) is 3.87. The van der Waals surface area contributed by atoms with E-state index in [4.69, 9.17) is 38.3 Å². The molecule has 1 N–H and O–H groups in total. The molecule has 16 nitrogen and oxygen atoms in total. The van der Waals surface area contributed by atoms with Crippen LogP contribution < -0.4 is 0 Å². The predicted molar refractivity (Wildman–Crippen MR) is 222 cm³/mol. The lowest BCUT2D eigenvalue weighted by molar-refractivity contribution is -0.302. The van der Waals surface area contributed by atoms with E-state index in [1.165, 1.54) is 0 Å². The summed E-state index contributed by atoms with van der Waals surface area (Å²) in [6, 6.07) is 6.95. The number of aliphatic hydroxyl groups is 1. The fraction of sp³-hybridized carbons (Fsp3) is 0.727. The molecule has 16 heteroatoms. The van der Waals surface area contributed by atoms with E-state index in [1.54, 1.807) is 18.0 Å². The van der Waals surface area contributed by atoms with Crippen molar-refractivity contribution < 1.29 is 48.0 Å². The first-order valence-electron chi connectivity index (χ1n) is 21.6. The maximum Gasteiger partial charge on any atom is 0.410 e. The number of ether oxygens (including phenoxy) is 6. The summed E-state index contributed by atoms with van der Waals surface area (Å²) in [5.74, 6) is -2.29. The number of para-hydroxylation sites is 2. The summed E-state index contributed by atoms with van der Waals surface area (Å²) in [6.45, 7) is 16.6. The molecule has 4 bridgehead atoms. The minimum atomic E-state index is -1.14. The van der Waals surface area contributed by atoms with E-state index in [9.17, 15) is 14.7 Å². The van der Waals surface area contributed by atoms with Crippen LogP contribution in [-0.4, -0.2) is 149 Å². The van der Waals surface area contributed by atoms with Crippen LogP contribution in [0.2, 0.25) is 0 Å². The highest BCUT2D eigenvalue weighted by Gasteiger charge is 2.60. The standard InChI is InChI=1S/C44H64N6O10/c1-11-34-44(8)38-26(4)35(45-16-17-50(38)42(53)60-44)24(2)19-43(7)39(59-41-36(51)33(49(9)10)18-25(3)57-41)27(5)37(28(6)40(52)58-34)54-21-30(22-55-43)48-56-23-29-20-46-31-14-12-13-15-32(31)47-29/h12-15,20,24-28,33-34,36-39,41,51H,11,16-19,21-23H2,1-10H3/t24-,25+,26+,27+,28+,33-,34-,36+,37+,38-,39-,41-,43-,44-/m1/s1. The Morgan fingerprint density at radius 3 is 2.53 bits per heavy atom. The molecule has 1 aromatic carbocycles. The van der Waals surface area contributed by atoms with Gasteiger partial charge in [-0.2, -0.15) is 0 Å². The Hall–Kier alpha value is -3.80. The van der Waals surface area contributed by atoms with E-state index >= 15 is 0 Å². The number of oxime groups is 1. The molecule has 6 heterocycles. The fourth-order valence-corrected chi connectivity index (χ4v) is 10.5. The fourth-order valence-electron chi connectivity index (χ4n) is 10.5. The Kier molecular flexibility index (Phi) is 13.2. The molecular formula is C44H64N6O10. The maximum absolute atomic E-state index is 14.5. The first-order chi connectivity index (χ1) is 28.5. The number of aliphatic imine (C=N–C) groups is 1. The van der Waals surface area contributed by atoms with Crippen LogP contribution in [-0.2, 0) is 44.7 Å². The monoisotopic (exact) mass is 836 g/mol. The van der Waals surface area contributed by atoms with Crippen molar-refractivity contribution in [2.24, 2.45) is 33.8 Å². The van der Waals surface area contributed by atoms with Crippen LogP contribution >= 0.6 is 0 Å². The van der Waals surface area contributed by atoms with Crippen molar-refractivity contribution in [1.82, 2.24) is 19.8 Å². The van der Waals surface area contributed by atoms with Crippen LogP contribution in [0.25, 0.3) is 11.0 Å². The number of esters is 1. The summed E-state index contributed by atoms with van der Waals surface area (Å²) in [5.41, 5.74) is 1.25. The second-order valence-electron chi connectivity index (χ2n) is 18.2. The van der Waals surface area contributed by atoms with Crippen LogP contribution in [0.4, 0.5) is 4.79 Å². The Morgan fingerprint density at radius 1 is 1.05 bits per heavy atom. The minimum Gasteiger partial charge on any atom is -0.458 e. The SMILES string of the molecule is CC[C@H]1OC(=O)[C@@H](C)[C@H]2OCC(=NOCc3cnc4ccccc4n3)CO[C@](C)(C[C@@H](C)C3=NCCN4C(=O)O[C@@]1(C)[C@H]4[C@H]3C)[C@H](O[C@H]1O[C@@H](C)C[C@@H](N(C)C)[C@@H]1O)[C@H]2C. The molecule has 0 aliphatic carbocycles. The predicted octanol–water partition coefficient (Wildman–Crippen LogP) is 4.79. The van der Waals surface area contributed by atoms with Crippen LogP contribution in [0.5, 0.6) is 0 Å². The van der Waals surface area contributed by atoms with Gasteiger partial charge in [-0.3, -0.25) is 19.7 Å². The van der Waals surface area contributed by atoms with E-state index in [0.29, 0.717) is 43.8 Å². The summed E-state index contributed by atoms with van der Waals surface area (Å²) >= 11 is 0. The summed E-state index contributed by atoms with van der Waals surface area (Å²) in [5, 5.41) is 16.3. The lowest BCUT2D eigenvalue weighted by atomic mass is 9.72. The third-order valence-corrected chi connectivity index (χ3v) is 13.5. The van der Waals surface area contributed by atoms with E-state index < -0.39 is 71.8 Å². The van der Waals surface area contributed by atoms with Crippen molar-refractivity contribution in [3.8, 4) is 0 Å². The quantitative estimate of drug-likeness (QED) is 0.298. The number of carbonyl (C=O) groups is 2. The topological polar surface area (TPSA) is 176 Å². The number of carbonyl (C=O) groups excluding carboxylic acids is 2. The molecule has 5 aliphatic rings. The van der Waals surface area contributed by atoms with Crippen LogP contribution in [0.15, 0.2) is 40.6 Å². The van der Waals surface area contributed by atoms with Gasteiger partial charge in [-0.1, -0.05) is 45.0 Å². The molecule has 4 fully saturated rings. The van der Waals surface area contributed by atoms with Crippen LogP contribution in [0, 0.1) is 23.7 Å². The number of nitrogens with zero attached hydrogens (tertiary/aromatic N) is 6. The summed E-state index contributed by atoms with van der Waals surface area (Å²) < 4.78 is 39.8. The number of cyclic esters (lactones) is 1. The molecule has 14 atom stereocenters. The largest absolute Gasteiger partial charge is 0.458 e. The van der Waals surface area contributed by atoms with Crippen molar-refractivity contribution >= 4 is 34.5 Å². The Bertz CT molecular complexity index is 1930. The number of hydrogen-bond acceptors (Lipinski definition) is 15. The molecule has 4 saturated heterocycles. The second kappa shape index (κ2) is 17.9. The smallest absolute Gasteiger partial charge is 0.410 e. The third kappa shape index (κ3) is 8.65. The minimum absolute atomic E-state index is 0.00625. The van der Waals surface area contributed by atoms with E-state index in [1.807, 2.05) is 77.9 Å². The van der Waals surface area contributed by atoms with Crippen LogP contribution in [0.1, 0.15) is 80.3 Å². The zero-order valence-corrected chi connectivity index (χ0v) is 36.8. The van der Waals surface area contributed by atoms with E-state index in [-0.39, 0.29) is 43.8 Å². The number of amides is 1. The highest BCUT2D eigenvalue weighted by atomic mass is 16.7. The van der Waals surface area contributed by atoms with Gasteiger partial charge in [0.25, 0.3) is 0 Å². The average molecular weight is 837 g/mol. The zero-order valence-electron chi connectivity index (χ0n) is 36.8. The number of fused-ring (bicyclic) bond motifs is 5. The molecule has 7 rings (SSSR count). The molecule has 0 saturated carbocycles. The van der Waals surface area contributed by atoms with Gasteiger partial charge in [0.15, 0.2) is 18.5 Å². The molecule has 0 radical (unpaired) electrons. The second-order valence-corrected chi connectivity index (χ2v) is 18.2. The number of rotatable bonds is 7. The van der Waals surface area contributed by atoms with Gasteiger partial charge < -0.3 is 43.3 Å². The van der Waals surface area contributed by atoms with E-state index in [0.717, 1.165) is 16.7 Å². The molecule has 1 aromatic heterocycles. The molecule has 330 valence electrons. The lowest BCUT2D eigenvalue weighted by Gasteiger charge is -2.48. The number of aromatic nitrogens is 2. The van der Waals surface area contributed by atoms with Gasteiger partial charge >= 0.3 is 12.1 Å². The summed E-state index contributed by atoms with van der Waals surface area (Å²) in [6.07, 6.45) is -1.84. The van der Waals surface area contributed by atoms with Gasteiger partial charge in [0.05, 0.1) is 78.6 Å². The average Bonchev–Trinajstić information content (AvgIpc) is 3.36. The zero-order chi connectivity index (χ0) is 43.1. The molecule has 60 heavy (non-hydrogen) atoms. The first kappa shape index (κ1) is 44.3. The van der Waals surface area contributed by atoms with Gasteiger partial charge in [-0.05, 0) is 79.1 Å². The first-order valence-corrected chi connectivity index (χ1v) is 21.6. The molecule has 2 aromatic rings. The Balaban J connectivity index is 1.30. The van der Waals surface area contributed by atoms with E-state index in [2.05, 4.69) is 29.0 Å². The molecule has 0 unspecified atom stereocenters. The van der Waals surface area contributed by atoms with Crippen molar-refractivity contribution in [3.05, 3.63) is 36.2 Å². The van der Waals surface area contributed by atoms with Gasteiger partial charge in [-0.15, -0.1) is 0 Å². The highest BCUT2D eigenvalue weighted by Crippen LogP contribution is 2.45. The maximum atomic E-state index is 14.5. The molecular weight excluding hydrogens is 773 g/mol. The number of aliphatic hydroxyl groups excluding tert-OH is 1. The third-order valence-electron chi connectivity index (χ3n) is 13.5. The molecule has 1 amide bonds. The van der Waals surface area contributed by atoms with Gasteiger partial charge in [0, 0.05) is 30.1 Å². The number of likely N-dealkylation sites (N-methyl/N-ethyl adjacent to an activating group) is 1. The summed E-state index contributed by atoms with van der Waals surface area (Å²) in [4.78, 5) is 52.0. The Labute approximate surface area is 353 Å². The van der Waals surface area contributed by atoms with Crippen molar-refractivity contribution in [3.63, 3.8) is 0 Å². The van der Waals surface area contributed by atoms with Crippen molar-refractivity contribution in [1.29, 1.82) is 0 Å². The highest BCUT2D eigenvalue weighted by molar-refractivity contribution is 5.91. The van der Waals surface area contributed by atoms with Gasteiger partial charge in [-0.25, -0.2) is 9.78 Å².